The Balaban J connectivity index is 1.33. The maximum absolute atomic E-state index is 12.6. The number of hydrogen-bond donors (Lipinski definition) is 0. The van der Waals surface area contributed by atoms with E-state index in [1.54, 1.807) is 37.8 Å². The van der Waals surface area contributed by atoms with Crippen molar-refractivity contribution in [3.05, 3.63) is 30.9 Å². The molecule has 2 aliphatic rings. The molecule has 1 aromatic heterocycles. The van der Waals surface area contributed by atoms with E-state index in [1.165, 1.54) is 0 Å². The van der Waals surface area contributed by atoms with Crippen LogP contribution in [0.3, 0.4) is 0 Å². The van der Waals surface area contributed by atoms with Crippen molar-refractivity contribution in [2.24, 2.45) is 0 Å². The molecule has 8 heteroatoms. The number of nitrogens with zero attached hydrogens (tertiary/aromatic N) is 4. The number of carbonyl (C=O) groups excluding carboxylic acids is 1. The summed E-state index contributed by atoms with van der Waals surface area (Å²) in [6.07, 6.45) is 4.69. The molecular formula is C17H20N4O4. The van der Waals surface area contributed by atoms with Crippen LogP contribution in [0.1, 0.15) is 25.8 Å². The third kappa shape index (κ3) is 3.24. The van der Waals surface area contributed by atoms with Gasteiger partial charge in [-0.25, -0.2) is 0 Å². The molecule has 1 fully saturated rings. The average molecular weight is 344 g/mol. The minimum absolute atomic E-state index is 0.000118. The van der Waals surface area contributed by atoms with Crippen LogP contribution in [0.15, 0.2) is 30.9 Å². The highest BCUT2D eigenvalue weighted by atomic mass is 16.7. The molecule has 1 amide bonds. The summed E-state index contributed by atoms with van der Waals surface area (Å²) < 4.78 is 18.4. The molecule has 0 bridgehead atoms. The first kappa shape index (κ1) is 15.7. The van der Waals surface area contributed by atoms with Gasteiger partial charge in [-0.2, -0.15) is 0 Å². The van der Waals surface area contributed by atoms with Crippen LogP contribution in [0.4, 0.5) is 0 Å². The van der Waals surface area contributed by atoms with Crippen molar-refractivity contribution in [2.75, 3.05) is 19.9 Å². The number of rotatable bonds is 4. The number of benzene rings is 1. The number of ether oxygens (including phenoxy) is 3. The van der Waals surface area contributed by atoms with E-state index in [2.05, 4.69) is 10.2 Å². The van der Waals surface area contributed by atoms with E-state index in [0.29, 0.717) is 36.4 Å². The van der Waals surface area contributed by atoms with Gasteiger partial charge in [0.15, 0.2) is 17.6 Å². The van der Waals surface area contributed by atoms with E-state index in [4.69, 9.17) is 14.2 Å². The molecule has 0 aliphatic carbocycles. The van der Waals surface area contributed by atoms with Crippen molar-refractivity contribution in [1.29, 1.82) is 0 Å². The van der Waals surface area contributed by atoms with E-state index >= 15 is 0 Å². The number of carbonyl (C=O) groups is 1. The Hall–Kier alpha value is -2.77. The normalized spacial score (nSPS) is 18.2. The molecule has 0 N–H and O–H groups in total. The topological polar surface area (TPSA) is 78.7 Å². The fourth-order valence-corrected chi connectivity index (χ4v) is 3.24. The fraction of sp³-hybridized carbons (Fsp3) is 0.471. The van der Waals surface area contributed by atoms with Crippen LogP contribution in [-0.4, -0.2) is 51.6 Å². The molecule has 1 atom stereocenters. The van der Waals surface area contributed by atoms with Gasteiger partial charge in [-0.3, -0.25) is 4.79 Å². The van der Waals surface area contributed by atoms with E-state index < -0.39 is 6.10 Å². The van der Waals surface area contributed by atoms with Gasteiger partial charge < -0.3 is 23.7 Å². The first-order chi connectivity index (χ1) is 12.2. The number of aromatic nitrogens is 3. The van der Waals surface area contributed by atoms with Crippen molar-refractivity contribution in [2.45, 2.75) is 31.9 Å². The second-order valence-corrected chi connectivity index (χ2v) is 6.24. The molecule has 8 nitrogen and oxygen atoms in total. The molecule has 1 unspecified atom stereocenters. The molecular weight excluding hydrogens is 324 g/mol. The third-order valence-electron chi connectivity index (χ3n) is 4.64. The zero-order valence-corrected chi connectivity index (χ0v) is 14.0. The van der Waals surface area contributed by atoms with Crippen molar-refractivity contribution in [3.63, 3.8) is 0 Å². The summed E-state index contributed by atoms with van der Waals surface area (Å²) in [7, 11) is 0. The van der Waals surface area contributed by atoms with Crippen LogP contribution >= 0.6 is 0 Å². The quantitative estimate of drug-likeness (QED) is 0.839. The Kier molecular flexibility index (Phi) is 4.17. The Morgan fingerprint density at radius 1 is 1.20 bits per heavy atom. The third-order valence-corrected chi connectivity index (χ3v) is 4.64. The van der Waals surface area contributed by atoms with E-state index in [0.717, 1.165) is 12.8 Å². The molecule has 2 aromatic rings. The fourth-order valence-electron chi connectivity index (χ4n) is 3.24. The van der Waals surface area contributed by atoms with Gasteiger partial charge in [0.1, 0.15) is 18.4 Å². The van der Waals surface area contributed by atoms with Gasteiger partial charge in [-0.1, -0.05) is 0 Å². The second-order valence-electron chi connectivity index (χ2n) is 6.24. The van der Waals surface area contributed by atoms with E-state index in [1.807, 2.05) is 9.47 Å². The minimum Gasteiger partial charge on any atom is -0.481 e. The van der Waals surface area contributed by atoms with Crippen LogP contribution in [-0.2, 0) is 4.79 Å². The number of fused-ring (bicyclic) bond motifs is 1. The zero-order chi connectivity index (χ0) is 17.2. The SMILES string of the molecule is CC(Oc1ccc2c(c1)OCO2)C(=O)N1CCC(n2cnnc2)CC1. The highest BCUT2D eigenvalue weighted by Gasteiger charge is 2.28. The van der Waals surface area contributed by atoms with Gasteiger partial charge >= 0.3 is 0 Å². The summed E-state index contributed by atoms with van der Waals surface area (Å²) in [6, 6.07) is 5.68. The highest BCUT2D eigenvalue weighted by molar-refractivity contribution is 5.81. The van der Waals surface area contributed by atoms with Gasteiger partial charge in [0.25, 0.3) is 5.91 Å². The molecule has 4 rings (SSSR count). The monoisotopic (exact) mass is 344 g/mol. The maximum atomic E-state index is 12.6. The predicted molar refractivity (Wildman–Crippen MR) is 87.5 cm³/mol. The van der Waals surface area contributed by atoms with Gasteiger partial charge in [-0.15, -0.1) is 10.2 Å². The number of amides is 1. The van der Waals surface area contributed by atoms with E-state index in [9.17, 15) is 4.79 Å². The maximum Gasteiger partial charge on any atom is 0.263 e. The summed E-state index contributed by atoms with van der Waals surface area (Å²) in [4.78, 5) is 14.5. The van der Waals surface area contributed by atoms with Crippen LogP contribution in [0, 0.1) is 0 Å². The Labute approximate surface area is 145 Å². The van der Waals surface area contributed by atoms with Gasteiger partial charge in [0.2, 0.25) is 6.79 Å². The predicted octanol–water partition coefficient (Wildman–Crippen LogP) is 1.64. The summed E-state index contributed by atoms with van der Waals surface area (Å²) in [5, 5.41) is 7.69. The lowest BCUT2D eigenvalue weighted by Gasteiger charge is -2.33. The Morgan fingerprint density at radius 3 is 2.68 bits per heavy atom. The summed E-state index contributed by atoms with van der Waals surface area (Å²) in [5.41, 5.74) is 0. The molecule has 2 aliphatic heterocycles. The molecule has 25 heavy (non-hydrogen) atoms. The zero-order valence-electron chi connectivity index (χ0n) is 14.0. The van der Waals surface area contributed by atoms with E-state index in [-0.39, 0.29) is 12.7 Å². The summed E-state index contributed by atoms with van der Waals surface area (Å²) >= 11 is 0. The molecule has 3 heterocycles. The largest absolute Gasteiger partial charge is 0.481 e. The molecule has 0 saturated carbocycles. The Morgan fingerprint density at radius 2 is 1.92 bits per heavy atom. The number of hydrogen-bond acceptors (Lipinski definition) is 6. The highest BCUT2D eigenvalue weighted by Crippen LogP contribution is 2.35. The van der Waals surface area contributed by atoms with Crippen LogP contribution in [0.5, 0.6) is 17.2 Å². The molecule has 0 radical (unpaired) electrons. The summed E-state index contributed by atoms with van der Waals surface area (Å²) in [6.45, 7) is 3.40. The lowest BCUT2D eigenvalue weighted by molar-refractivity contribution is -0.139. The molecule has 132 valence electrons. The minimum atomic E-state index is -0.549. The summed E-state index contributed by atoms with van der Waals surface area (Å²) in [5.74, 6) is 1.94. The van der Waals surface area contributed by atoms with Crippen molar-refractivity contribution in [3.8, 4) is 17.2 Å². The van der Waals surface area contributed by atoms with Crippen molar-refractivity contribution >= 4 is 5.91 Å². The number of likely N-dealkylation sites (tertiary alicyclic amines) is 1. The number of piperidine rings is 1. The first-order valence-corrected chi connectivity index (χ1v) is 8.40. The molecule has 1 aromatic carbocycles. The average Bonchev–Trinajstić information content (AvgIpc) is 3.32. The van der Waals surface area contributed by atoms with Crippen molar-refractivity contribution in [1.82, 2.24) is 19.7 Å². The Bertz CT molecular complexity index is 741. The van der Waals surface area contributed by atoms with Gasteiger partial charge in [-0.05, 0) is 31.9 Å². The lowest BCUT2D eigenvalue weighted by atomic mass is 10.0. The standard InChI is InChI=1S/C17H20N4O4/c1-12(25-14-2-3-15-16(8-14)24-11-23-15)17(22)20-6-4-13(5-7-20)21-9-18-19-10-21/h2-3,8-10,12-13H,4-7,11H2,1H3. The van der Waals surface area contributed by atoms with Gasteiger partial charge in [0.05, 0.1) is 0 Å². The molecule has 0 spiro atoms. The lowest BCUT2D eigenvalue weighted by Crippen LogP contribution is -2.45. The van der Waals surface area contributed by atoms with Crippen LogP contribution < -0.4 is 14.2 Å². The first-order valence-electron chi connectivity index (χ1n) is 8.40. The molecule has 1 saturated heterocycles. The van der Waals surface area contributed by atoms with Crippen LogP contribution in [0.2, 0.25) is 0 Å². The van der Waals surface area contributed by atoms with Crippen molar-refractivity contribution < 1.29 is 19.0 Å². The van der Waals surface area contributed by atoms with Crippen LogP contribution in [0.25, 0.3) is 0 Å². The second kappa shape index (κ2) is 6.62. The smallest absolute Gasteiger partial charge is 0.263 e. The van der Waals surface area contributed by atoms with Gasteiger partial charge in [0, 0.05) is 25.2 Å².